The fourth-order valence-corrected chi connectivity index (χ4v) is 2.40. The molecule has 0 saturated carbocycles. The first-order valence-electron chi connectivity index (χ1n) is 8.55. The molecule has 0 radical (unpaired) electrons. The Hall–Kier alpha value is -2.35. The third-order valence-electron chi connectivity index (χ3n) is 3.84. The van der Waals surface area contributed by atoms with Crippen molar-refractivity contribution >= 4 is 12.0 Å². The van der Waals surface area contributed by atoms with Crippen molar-refractivity contribution in [2.75, 3.05) is 19.0 Å². The van der Waals surface area contributed by atoms with Crippen molar-refractivity contribution < 1.29 is 4.79 Å². The number of hydrogen-bond donors (Lipinski definition) is 0. The van der Waals surface area contributed by atoms with E-state index in [0.717, 1.165) is 0 Å². The Balaban J connectivity index is 0.000000648. The van der Waals surface area contributed by atoms with Crippen molar-refractivity contribution in [3.63, 3.8) is 0 Å². The van der Waals surface area contributed by atoms with Crippen molar-refractivity contribution in [2.45, 2.75) is 32.6 Å². The molecule has 0 atom stereocenters. The molecule has 0 saturated heterocycles. The first-order valence-corrected chi connectivity index (χ1v) is 8.55. The predicted molar refractivity (Wildman–Crippen MR) is 106 cm³/mol. The van der Waals surface area contributed by atoms with Crippen LogP contribution in [0.1, 0.15) is 31.7 Å². The molecule has 2 nitrogen and oxygen atoms in total. The van der Waals surface area contributed by atoms with Crippen LogP contribution in [-0.2, 0) is 11.2 Å². The molecule has 2 heteroatoms. The molecule has 0 spiro atoms. The van der Waals surface area contributed by atoms with Gasteiger partial charge >= 0.3 is 0 Å². The van der Waals surface area contributed by atoms with Crippen LogP contribution >= 0.6 is 0 Å². The molecule has 0 aliphatic rings. The Labute approximate surface area is 146 Å². The minimum Gasteiger partial charge on any atom is -0.378 e. The highest BCUT2D eigenvalue weighted by atomic mass is 16.1. The highest BCUT2D eigenvalue weighted by molar-refractivity contribution is 5.66. The molecule has 0 amide bonds. The monoisotopic (exact) mass is 323 g/mol. The van der Waals surface area contributed by atoms with E-state index < -0.39 is 0 Å². The summed E-state index contributed by atoms with van der Waals surface area (Å²) >= 11 is 0. The summed E-state index contributed by atoms with van der Waals surface area (Å²) in [6.07, 6.45) is 6.95. The van der Waals surface area contributed by atoms with Crippen molar-refractivity contribution in [1.82, 2.24) is 0 Å². The molecule has 0 N–H and O–H groups in total. The van der Waals surface area contributed by atoms with Gasteiger partial charge in [0.1, 0.15) is 6.29 Å². The van der Waals surface area contributed by atoms with E-state index >= 15 is 0 Å². The molecule has 2 rings (SSSR count). The molecule has 2 aromatic rings. The second kappa shape index (κ2) is 11.2. The average molecular weight is 323 g/mol. The largest absolute Gasteiger partial charge is 0.378 e. The van der Waals surface area contributed by atoms with E-state index in [1.54, 1.807) is 0 Å². The van der Waals surface area contributed by atoms with Gasteiger partial charge in [-0.05, 0) is 47.7 Å². The Bertz CT molecular complexity index is 591. The number of allylic oxidation sites excluding steroid dienone is 1. The number of nitrogens with zero attached hydrogens (tertiary/aromatic N) is 1. The van der Waals surface area contributed by atoms with Gasteiger partial charge in [0.25, 0.3) is 0 Å². The number of hydrogen-bond acceptors (Lipinski definition) is 2. The number of unbranched alkanes of at least 4 members (excludes halogenated alkanes) is 2. The van der Waals surface area contributed by atoms with E-state index in [1.807, 2.05) is 0 Å². The van der Waals surface area contributed by atoms with Crippen LogP contribution in [0.5, 0.6) is 0 Å². The molecule has 0 aliphatic carbocycles. The Morgan fingerprint density at radius 1 is 0.917 bits per heavy atom. The van der Waals surface area contributed by atoms with E-state index in [4.69, 9.17) is 4.79 Å². The molecule has 0 aromatic heterocycles. The third kappa shape index (κ3) is 6.82. The number of carbonyl (C=O) groups excluding carboxylic acids is 1. The van der Waals surface area contributed by atoms with Gasteiger partial charge in [0, 0.05) is 19.8 Å². The second-order valence-corrected chi connectivity index (χ2v) is 5.97. The van der Waals surface area contributed by atoms with Crippen LogP contribution < -0.4 is 4.90 Å². The zero-order valence-electron chi connectivity index (χ0n) is 15.2. The molecule has 2 aromatic carbocycles. The van der Waals surface area contributed by atoms with Gasteiger partial charge in [-0.25, -0.2) is 0 Å². The molecule has 0 bridgehead atoms. The van der Waals surface area contributed by atoms with Crippen LogP contribution in [0.15, 0.2) is 61.2 Å². The highest BCUT2D eigenvalue weighted by Gasteiger charge is 2.00. The highest BCUT2D eigenvalue weighted by Crippen LogP contribution is 2.23. The van der Waals surface area contributed by atoms with E-state index in [0.29, 0.717) is 6.29 Å². The first-order chi connectivity index (χ1) is 11.6. The molecular formula is C22H29NO. The van der Waals surface area contributed by atoms with Crippen LogP contribution in [0, 0.1) is 0 Å². The summed E-state index contributed by atoms with van der Waals surface area (Å²) in [6, 6.07) is 17.8. The number of aryl methyl sites for hydroxylation is 1. The van der Waals surface area contributed by atoms with E-state index in [2.05, 4.69) is 81.0 Å². The van der Waals surface area contributed by atoms with E-state index in [-0.39, 0.29) is 0 Å². The number of rotatable bonds is 7. The molecule has 24 heavy (non-hydrogen) atoms. The molecule has 0 aliphatic heterocycles. The lowest BCUT2D eigenvalue weighted by molar-refractivity contribution is -0.104. The summed E-state index contributed by atoms with van der Waals surface area (Å²) in [5.74, 6) is 0. The maximum Gasteiger partial charge on any atom is 0.142 e. The molecular weight excluding hydrogens is 294 g/mol. The van der Waals surface area contributed by atoms with Gasteiger partial charge in [0.2, 0.25) is 0 Å². The maximum atomic E-state index is 9.06. The van der Waals surface area contributed by atoms with Crippen LogP contribution in [0.3, 0.4) is 0 Å². The van der Waals surface area contributed by atoms with Gasteiger partial charge in [0.15, 0.2) is 0 Å². The van der Waals surface area contributed by atoms with Gasteiger partial charge in [0.05, 0.1) is 0 Å². The van der Waals surface area contributed by atoms with E-state index in [9.17, 15) is 0 Å². The number of anilines is 1. The van der Waals surface area contributed by atoms with Crippen LogP contribution in [0.25, 0.3) is 11.1 Å². The van der Waals surface area contributed by atoms with E-state index in [1.165, 1.54) is 54.1 Å². The summed E-state index contributed by atoms with van der Waals surface area (Å²) in [7, 11) is 4.14. The van der Waals surface area contributed by atoms with Crippen LogP contribution in [0.2, 0.25) is 0 Å². The van der Waals surface area contributed by atoms with Crippen molar-refractivity contribution in [3.05, 3.63) is 66.7 Å². The molecule has 0 heterocycles. The zero-order chi connectivity index (χ0) is 17.8. The second-order valence-electron chi connectivity index (χ2n) is 5.97. The Morgan fingerprint density at radius 2 is 1.42 bits per heavy atom. The first kappa shape index (κ1) is 19.7. The maximum absolute atomic E-state index is 9.06. The third-order valence-corrected chi connectivity index (χ3v) is 3.84. The smallest absolute Gasteiger partial charge is 0.142 e. The quantitative estimate of drug-likeness (QED) is 0.380. The minimum atomic E-state index is 0.639. The fraction of sp³-hybridized carbons (Fsp3) is 0.318. The van der Waals surface area contributed by atoms with Gasteiger partial charge in [-0.2, -0.15) is 0 Å². The van der Waals surface area contributed by atoms with Crippen LogP contribution in [-0.4, -0.2) is 20.4 Å². The lowest BCUT2D eigenvalue weighted by atomic mass is 10.0. The Morgan fingerprint density at radius 3 is 1.83 bits per heavy atom. The SMILES string of the molecule is C=CC=O.CCCCCc1ccc(-c2ccc(N(C)C)cc2)cc1. The summed E-state index contributed by atoms with van der Waals surface area (Å²) in [5, 5.41) is 0. The lowest BCUT2D eigenvalue weighted by Gasteiger charge is -2.12. The van der Waals surface area contributed by atoms with Gasteiger partial charge in [-0.3, -0.25) is 4.79 Å². The zero-order valence-corrected chi connectivity index (χ0v) is 15.2. The number of carbonyl (C=O) groups is 1. The fourth-order valence-electron chi connectivity index (χ4n) is 2.40. The topological polar surface area (TPSA) is 20.3 Å². The average Bonchev–Trinajstić information content (AvgIpc) is 2.63. The van der Waals surface area contributed by atoms with Gasteiger partial charge in [-0.15, -0.1) is 0 Å². The number of benzene rings is 2. The molecule has 0 fully saturated rings. The van der Waals surface area contributed by atoms with Gasteiger partial charge < -0.3 is 4.90 Å². The predicted octanol–water partition coefficient (Wildman–Crippen LogP) is 5.52. The van der Waals surface area contributed by atoms with Crippen molar-refractivity contribution in [1.29, 1.82) is 0 Å². The normalized spacial score (nSPS) is 9.62. The summed E-state index contributed by atoms with van der Waals surface area (Å²) in [4.78, 5) is 11.2. The van der Waals surface area contributed by atoms with Crippen molar-refractivity contribution in [2.24, 2.45) is 0 Å². The minimum absolute atomic E-state index is 0.639. The standard InChI is InChI=1S/C19H25N.C3H4O/c1-4-5-6-7-16-8-10-17(11-9-16)18-12-14-19(15-13-18)20(2)3;1-2-3-4/h8-15H,4-7H2,1-3H3;2-3H,1H2. The van der Waals surface area contributed by atoms with Gasteiger partial charge in [-0.1, -0.05) is 62.7 Å². The summed E-state index contributed by atoms with van der Waals surface area (Å²) in [5.41, 5.74) is 5.28. The summed E-state index contributed by atoms with van der Waals surface area (Å²) < 4.78 is 0. The van der Waals surface area contributed by atoms with Crippen molar-refractivity contribution in [3.8, 4) is 11.1 Å². The molecule has 0 unspecified atom stereocenters. The molecule has 128 valence electrons. The lowest BCUT2D eigenvalue weighted by Crippen LogP contribution is -2.07. The summed E-state index contributed by atoms with van der Waals surface area (Å²) in [6.45, 7) is 5.36. The Kier molecular flexibility index (Phi) is 9.21. The number of aldehydes is 1. The van der Waals surface area contributed by atoms with Crippen LogP contribution in [0.4, 0.5) is 5.69 Å².